The lowest BCUT2D eigenvalue weighted by molar-refractivity contribution is 0.341. The number of rotatable bonds is 6. The molecule has 0 aliphatic rings. The van der Waals surface area contributed by atoms with E-state index in [1.54, 1.807) is 0 Å². The van der Waals surface area contributed by atoms with Gasteiger partial charge in [0, 0.05) is 6.61 Å². The summed E-state index contributed by atoms with van der Waals surface area (Å²) >= 11 is 0. The first-order chi connectivity index (χ1) is 4.85. The summed E-state index contributed by atoms with van der Waals surface area (Å²) in [6.07, 6.45) is 2.66. The molecule has 0 spiro atoms. The van der Waals surface area contributed by atoms with Crippen LogP contribution in [-0.4, -0.2) is 15.6 Å². The highest BCUT2D eigenvalue weighted by Gasteiger charge is 2.07. The van der Waals surface area contributed by atoms with Gasteiger partial charge in [0.15, 0.2) is 0 Å². The van der Waals surface area contributed by atoms with Gasteiger partial charge in [-0.05, 0) is 19.0 Å². The first-order valence-corrected chi connectivity index (χ1v) is 6.14. The van der Waals surface area contributed by atoms with Gasteiger partial charge in [0.05, 0.1) is 0 Å². The highest BCUT2D eigenvalue weighted by Crippen LogP contribution is 2.05. The molecule has 0 atom stereocenters. The first kappa shape index (κ1) is 10.2. The lowest BCUT2D eigenvalue weighted by Gasteiger charge is -2.10. The maximum absolute atomic E-state index is 5.60. The Morgan fingerprint density at radius 2 is 1.90 bits per heavy atom. The Balaban J connectivity index is 3.21. The van der Waals surface area contributed by atoms with Crippen LogP contribution in [-0.2, 0) is 4.43 Å². The SMILES string of the molecule is CCCC[Si](CC)OCC. The van der Waals surface area contributed by atoms with Gasteiger partial charge in [0.2, 0.25) is 9.04 Å². The van der Waals surface area contributed by atoms with E-state index in [-0.39, 0.29) is 0 Å². The lowest BCUT2D eigenvalue weighted by atomic mass is 10.4. The van der Waals surface area contributed by atoms with Gasteiger partial charge in [0.25, 0.3) is 0 Å². The highest BCUT2D eigenvalue weighted by atomic mass is 28.3. The predicted octanol–water partition coefficient (Wildman–Crippen LogP) is 2.83. The van der Waals surface area contributed by atoms with Gasteiger partial charge >= 0.3 is 0 Å². The molecule has 2 heteroatoms. The average molecular weight is 159 g/mol. The predicted molar refractivity (Wildman–Crippen MR) is 47.6 cm³/mol. The van der Waals surface area contributed by atoms with Crippen molar-refractivity contribution in [2.45, 2.75) is 45.7 Å². The minimum atomic E-state index is -0.398. The zero-order valence-electron chi connectivity index (χ0n) is 7.44. The van der Waals surface area contributed by atoms with Crippen LogP contribution in [0, 0.1) is 0 Å². The number of hydrogen-bond donors (Lipinski definition) is 0. The van der Waals surface area contributed by atoms with E-state index in [1.165, 1.54) is 24.9 Å². The Hall–Kier alpha value is 0.177. The van der Waals surface area contributed by atoms with Gasteiger partial charge in [0.1, 0.15) is 0 Å². The molecular formula is C8H19OSi. The standard InChI is InChI=1S/C8H19OSi/c1-4-7-8-10(6-3)9-5-2/h4-8H2,1-3H3. The molecule has 1 nitrogen and oxygen atoms in total. The van der Waals surface area contributed by atoms with Crippen LogP contribution in [0.5, 0.6) is 0 Å². The van der Waals surface area contributed by atoms with E-state index in [9.17, 15) is 0 Å². The maximum Gasteiger partial charge on any atom is 0.211 e. The van der Waals surface area contributed by atoms with Gasteiger partial charge in [-0.1, -0.05) is 26.7 Å². The lowest BCUT2D eigenvalue weighted by Crippen LogP contribution is -2.15. The fraction of sp³-hybridized carbons (Fsp3) is 1.00. The third-order valence-electron chi connectivity index (χ3n) is 1.55. The summed E-state index contributed by atoms with van der Waals surface area (Å²) in [5, 5.41) is 0. The highest BCUT2D eigenvalue weighted by molar-refractivity contribution is 6.51. The van der Waals surface area contributed by atoms with Crippen molar-refractivity contribution in [2.75, 3.05) is 6.61 Å². The van der Waals surface area contributed by atoms with E-state index >= 15 is 0 Å². The average Bonchev–Trinajstić information content (AvgIpc) is 1.98. The second kappa shape index (κ2) is 7.29. The fourth-order valence-corrected chi connectivity index (χ4v) is 2.79. The third-order valence-corrected chi connectivity index (χ3v) is 3.95. The molecule has 0 fully saturated rings. The van der Waals surface area contributed by atoms with Crippen molar-refractivity contribution in [3.63, 3.8) is 0 Å². The summed E-state index contributed by atoms with van der Waals surface area (Å²) in [7, 11) is -0.398. The van der Waals surface area contributed by atoms with Gasteiger partial charge in [-0.3, -0.25) is 0 Å². The molecule has 0 N–H and O–H groups in total. The van der Waals surface area contributed by atoms with Crippen LogP contribution in [0.2, 0.25) is 12.1 Å². The normalized spacial score (nSPS) is 10.8. The minimum Gasteiger partial charge on any atom is -0.417 e. The van der Waals surface area contributed by atoms with Crippen LogP contribution in [0.15, 0.2) is 0 Å². The largest absolute Gasteiger partial charge is 0.417 e. The smallest absolute Gasteiger partial charge is 0.211 e. The van der Waals surface area contributed by atoms with E-state index in [0.717, 1.165) is 6.61 Å². The van der Waals surface area contributed by atoms with Gasteiger partial charge in [-0.25, -0.2) is 0 Å². The molecule has 0 aromatic heterocycles. The van der Waals surface area contributed by atoms with E-state index in [4.69, 9.17) is 4.43 Å². The molecule has 10 heavy (non-hydrogen) atoms. The molecule has 0 bridgehead atoms. The Bertz CT molecular complexity index is 66.3. The molecule has 0 aliphatic carbocycles. The minimum absolute atomic E-state index is 0.398. The fourth-order valence-electron chi connectivity index (χ4n) is 0.929. The molecule has 0 heterocycles. The van der Waals surface area contributed by atoms with Crippen LogP contribution >= 0.6 is 0 Å². The Labute approximate surface area is 66.5 Å². The zero-order chi connectivity index (χ0) is 7.82. The van der Waals surface area contributed by atoms with Crippen molar-refractivity contribution in [3.8, 4) is 0 Å². The summed E-state index contributed by atoms with van der Waals surface area (Å²) in [5.41, 5.74) is 0. The third kappa shape index (κ3) is 5.00. The van der Waals surface area contributed by atoms with Crippen molar-refractivity contribution in [1.82, 2.24) is 0 Å². The summed E-state index contributed by atoms with van der Waals surface area (Å²) in [4.78, 5) is 0. The quantitative estimate of drug-likeness (QED) is 0.542. The molecule has 0 saturated carbocycles. The summed E-state index contributed by atoms with van der Waals surface area (Å²) in [5.74, 6) is 0. The Morgan fingerprint density at radius 1 is 1.20 bits per heavy atom. The molecule has 0 unspecified atom stereocenters. The summed E-state index contributed by atoms with van der Waals surface area (Å²) in [6.45, 7) is 7.47. The van der Waals surface area contributed by atoms with Crippen molar-refractivity contribution in [1.29, 1.82) is 0 Å². The van der Waals surface area contributed by atoms with Gasteiger partial charge in [-0.15, -0.1) is 0 Å². The molecule has 61 valence electrons. The Kier molecular flexibility index (Phi) is 7.41. The molecule has 0 aromatic carbocycles. The maximum atomic E-state index is 5.60. The van der Waals surface area contributed by atoms with Crippen LogP contribution < -0.4 is 0 Å². The van der Waals surface area contributed by atoms with E-state index < -0.39 is 9.04 Å². The summed E-state index contributed by atoms with van der Waals surface area (Å²) in [6, 6.07) is 2.60. The van der Waals surface area contributed by atoms with E-state index in [0.29, 0.717) is 0 Å². The van der Waals surface area contributed by atoms with Crippen LogP contribution in [0.4, 0.5) is 0 Å². The second-order valence-electron chi connectivity index (χ2n) is 2.43. The number of unbranched alkanes of at least 4 members (excludes halogenated alkanes) is 1. The molecular weight excluding hydrogens is 140 g/mol. The van der Waals surface area contributed by atoms with Crippen molar-refractivity contribution >= 4 is 9.04 Å². The van der Waals surface area contributed by atoms with Crippen LogP contribution in [0.1, 0.15) is 33.6 Å². The van der Waals surface area contributed by atoms with Crippen molar-refractivity contribution < 1.29 is 4.43 Å². The van der Waals surface area contributed by atoms with Crippen LogP contribution in [0.3, 0.4) is 0 Å². The molecule has 0 saturated heterocycles. The zero-order valence-corrected chi connectivity index (χ0v) is 8.44. The van der Waals surface area contributed by atoms with Gasteiger partial charge < -0.3 is 4.43 Å². The molecule has 1 radical (unpaired) electrons. The second-order valence-corrected chi connectivity index (χ2v) is 5.00. The molecule has 0 amide bonds. The summed E-state index contributed by atoms with van der Waals surface area (Å²) < 4.78 is 5.60. The molecule has 0 rings (SSSR count). The Morgan fingerprint density at radius 3 is 2.30 bits per heavy atom. The van der Waals surface area contributed by atoms with Gasteiger partial charge in [-0.2, -0.15) is 0 Å². The van der Waals surface area contributed by atoms with Crippen molar-refractivity contribution in [3.05, 3.63) is 0 Å². The molecule has 0 aliphatic heterocycles. The van der Waals surface area contributed by atoms with E-state index in [1.807, 2.05) is 0 Å². The van der Waals surface area contributed by atoms with Crippen LogP contribution in [0.25, 0.3) is 0 Å². The first-order valence-electron chi connectivity index (χ1n) is 4.32. The topological polar surface area (TPSA) is 9.23 Å². The monoisotopic (exact) mass is 159 g/mol. The number of hydrogen-bond acceptors (Lipinski definition) is 1. The molecule has 0 aromatic rings. The van der Waals surface area contributed by atoms with E-state index in [2.05, 4.69) is 20.8 Å². The van der Waals surface area contributed by atoms with Crippen molar-refractivity contribution in [2.24, 2.45) is 0 Å².